The number of likely N-dealkylation sites (N-methyl/N-ethyl adjacent to an activating group) is 1. The van der Waals surface area contributed by atoms with E-state index in [9.17, 15) is 19.5 Å². The van der Waals surface area contributed by atoms with E-state index in [1.807, 2.05) is 0 Å². The number of esters is 2. The first-order valence-corrected chi connectivity index (χ1v) is 22.8. The van der Waals surface area contributed by atoms with E-state index in [1.54, 1.807) is 21.1 Å². The van der Waals surface area contributed by atoms with Crippen molar-refractivity contribution in [1.82, 2.24) is 0 Å². The maximum Gasteiger partial charge on any atom is 0.306 e. The summed E-state index contributed by atoms with van der Waals surface area (Å²) in [5.41, 5.74) is 0. The van der Waals surface area contributed by atoms with Crippen molar-refractivity contribution in [2.24, 2.45) is 0 Å². The number of rotatable bonds is 40. The SMILES string of the molecule is CC/C=C/C/C=C/C/C=C/C/C=C/C/C=C/CCCCCCC(=O)OC(COCCC(C(=O)[O-])[N+](C)(C)C)COC(=O)CCCCCCCCCCCCCCC. The minimum atomic E-state index is -1.13. The molecule has 328 valence electrons. The van der Waals surface area contributed by atoms with Gasteiger partial charge in [0, 0.05) is 19.3 Å². The summed E-state index contributed by atoms with van der Waals surface area (Å²) >= 11 is 0. The highest BCUT2D eigenvalue weighted by atomic mass is 16.6. The van der Waals surface area contributed by atoms with E-state index >= 15 is 0 Å². The third-order valence-electron chi connectivity index (χ3n) is 9.92. The lowest BCUT2D eigenvalue weighted by Gasteiger charge is -2.34. The van der Waals surface area contributed by atoms with Crippen molar-refractivity contribution in [3.8, 4) is 0 Å². The van der Waals surface area contributed by atoms with Crippen LogP contribution < -0.4 is 5.11 Å². The topological polar surface area (TPSA) is 102 Å². The molecule has 8 heteroatoms. The van der Waals surface area contributed by atoms with Crippen molar-refractivity contribution in [3.63, 3.8) is 0 Å². The van der Waals surface area contributed by atoms with Crippen LogP contribution in [0.4, 0.5) is 0 Å². The largest absolute Gasteiger partial charge is 0.544 e. The lowest BCUT2D eigenvalue weighted by Crippen LogP contribution is -2.55. The van der Waals surface area contributed by atoms with Gasteiger partial charge in [-0.3, -0.25) is 9.59 Å². The zero-order valence-electron chi connectivity index (χ0n) is 37.2. The first-order valence-electron chi connectivity index (χ1n) is 22.8. The molecule has 0 radical (unpaired) electrons. The summed E-state index contributed by atoms with van der Waals surface area (Å²) in [6.07, 6.45) is 48.1. The first kappa shape index (κ1) is 54.0. The number of unbranched alkanes of at least 4 members (excludes halogenated alkanes) is 16. The summed E-state index contributed by atoms with van der Waals surface area (Å²) in [7, 11) is 5.39. The smallest absolute Gasteiger partial charge is 0.306 e. The van der Waals surface area contributed by atoms with Gasteiger partial charge in [0.15, 0.2) is 6.10 Å². The van der Waals surface area contributed by atoms with Crippen LogP contribution in [-0.4, -0.2) is 75.5 Å². The molecule has 0 aromatic carbocycles. The highest BCUT2D eigenvalue weighted by Crippen LogP contribution is 2.14. The highest BCUT2D eigenvalue weighted by molar-refractivity contribution is 5.70. The van der Waals surface area contributed by atoms with Crippen molar-refractivity contribution in [2.45, 2.75) is 193 Å². The average molecular weight is 800 g/mol. The Morgan fingerprint density at radius 2 is 0.982 bits per heavy atom. The number of hydrogen-bond acceptors (Lipinski definition) is 7. The Morgan fingerprint density at radius 1 is 0.544 bits per heavy atom. The van der Waals surface area contributed by atoms with Crippen LogP contribution in [0.3, 0.4) is 0 Å². The normalized spacial score (nSPS) is 13.5. The van der Waals surface area contributed by atoms with Gasteiger partial charge in [-0.2, -0.15) is 0 Å². The maximum absolute atomic E-state index is 12.7. The third kappa shape index (κ3) is 38.3. The fourth-order valence-corrected chi connectivity index (χ4v) is 6.39. The van der Waals surface area contributed by atoms with Crippen molar-refractivity contribution >= 4 is 17.9 Å². The quantitative estimate of drug-likeness (QED) is 0.0263. The van der Waals surface area contributed by atoms with Gasteiger partial charge < -0.3 is 28.6 Å². The van der Waals surface area contributed by atoms with Crippen LogP contribution >= 0.6 is 0 Å². The van der Waals surface area contributed by atoms with Gasteiger partial charge in [-0.25, -0.2) is 0 Å². The van der Waals surface area contributed by atoms with E-state index < -0.39 is 18.1 Å². The number of allylic oxidation sites excluding steroid dienone is 10. The van der Waals surface area contributed by atoms with Gasteiger partial charge in [-0.15, -0.1) is 0 Å². The molecule has 0 aromatic rings. The Bertz CT molecular complexity index is 1120. The van der Waals surface area contributed by atoms with Crippen molar-refractivity contribution in [1.29, 1.82) is 0 Å². The Labute approximate surface area is 349 Å². The number of carboxylic acids is 1. The molecule has 0 fully saturated rings. The van der Waals surface area contributed by atoms with E-state index in [0.29, 0.717) is 12.8 Å². The molecule has 0 aliphatic rings. The average Bonchev–Trinajstić information content (AvgIpc) is 3.17. The zero-order valence-corrected chi connectivity index (χ0v) is 37.2. The molecule has 0 saturated heterocycles. The minimum absolute atomic E-state index is 0.0297. The summed E-state index contributed by atoms with van der Waals surface area (Å²) in [6, 6.07) is -0.731. The third-order valence-corrected chi connectivity index (χ3v) is 9.92. The molecule has 0 N–H and O–H groups in total. The number of aliphatic carboxylic acids is 1. The molecular formula is C49H85NO7. The molecule has 2 atom stereocenters. The Kier molecular flexibility index (Phi) is 37.8. The van der Waals surface area contributed by atoms with Crippen LogP contribution in [0.25, 0.3) is 0 Å². The summed E-state index contributed by atoms with van der Waals surface area (Å²) in [5, 5.41) is 11.6. The second-order valence-electron chi connectivity index (χ2n) is 16.3. The standard InChI is InChI=1S/C49H85NO7/c1-6-8-10-12-14-16-18-20-21-22-23-24-25-26-28-30-32-34-36-38-40-48(52)57-45(43-55-42-41-46(49(53)54)50(3,4)5)44-56-47(51)39-37-35-33-31-29-27-19-17-15-13-11-9-7-2/h8,10,14,16,20-21,23-24,26,28,45-46H,6-7,9,11-13,15,17-19,22,25,27,29-44H2,1-5H3/b10-8+,16-14+,21-20+,24-23+,28-26+. The van der Waals surface area contributed by atoms with Gasteiger partial charge in [-0.05, 0) is 57.8 Å². The van der Waals surface area contributed by atoms with E-state index in [4.69, 9.17) is 14.2 Å². The molecule has 0 amide bonds. The molecule has 0 rings (SSSR count). The number of carbonyl (C=O) groups excluding carboxylic acids is 3. The molecule has 0 bridgehead atoms. The molecule has 2 unspecified atom stereocenters. The van der Waals surface area contributed by atoms with Crippen molar-refractivity contribution in [3.05, 3.63) is 60.8 Å². The van der Waals surface area contributed by atoms with Gasteiger partial charge in [0.1, 0.15) is 12.6 Å². The van der Waals surface area contributed by atoms with Gasteiger partial charge in [-0.1, -0.05) is 164 Å². The van der Waals surface area contributed by atoms with Crippen LogP contribution in [0, 0.1) is 0 Å². The molecular weight excluding hydrogens is 715 g/mol. The van der Waals surface area contributed by atoms with Crippen molar-refractivity contribution in [2.75, 3.05) is 41.0 Å². The summed E-state index contributed by atoms with van der Waals surface area (Å²) in [5.74, 6) is -1.77. The Morgan fingerprint density at radius 3 is 1.46 bits per heavy atom. The van der Waals surface area contributed by atoms with Gasteiger partial charge in [0.05, 0.1) is 40.3 Å². The van der Waals surface area contributed by atoms with E-state index in [-0.39, 0.29) is 42.7 Å². The number of hydrogen-bond donors (Lipinski definition) is 0. The van der Waals surface area contributed by atoms with Crippen LogP contribution in [0.1, 0.15) is 181 Å². The van der Waals surface area contributed by atoms with E-state index in [0.717, 1.165) is 83.5 Å². The predicted octanol–water partition coefficient (Wildman–Crippen LogP) is 11.2. The van der Waals surface area contributed by atoms with E-state index in [2.05, 4.69) is 74.6 Å². The van der Waals surface area contributed by atoms with Crippen LogP contribution in [0.15, 0.2) is 60.8 Å². The van der Waals surface area contributed by atoms with Gasteiger partial charge in [0.25, 0.3) is 0 Å². The second-order valence-corrected chi connectivity index (χ2v) is 16.3. The Balaban J connectivity index is 4.38. The molecule has 8 nitrogen and oxygen atoms in total. The summed E-state index contributed by atoms with van der Waals surface area (Å²) in [4.78, 5) is 36.9. The molecule has 0 heterocycles. The molecule has 0 aliphatic heterocycles. The number of carboxylic acid groups (broad SMARTS) is 1. The van der Waals surface area contributed by atoms with Crippen LogP contribution in [0.2, 0.25) is 0 Å². The lowest BCUT2D eigenvalue weighted by molar-refractivity contribution is -0.889. The molecule has 0 saturated carbocycles. The summed E-state index contributed by atoms with van der Waals surface area (Å²) < 4.78 is 17.2. The number of carbonyl (C=O) groups is 3. The summed E-state index contributed by atoms with van der Waals surface area (Å²) in [6.45, 7) is 4.52. The van der Waals surface area contributed by atoms with Crippen LogP contribution in [0.5, 0.6) is 0 Å². The molecule has 57 heavy (non-hydrogen) atoms. The van der Waals surface area contributed by atoms with Gasteiger partial charge in [0.2, 0.25) is 0 Å². The number of ether oxygens (including phenoxy) is 3. The highest BCUT2D eigenvalue weighted by Gasteiger charge is 2.25. The number of quaternary nitrogens is 1. The second kappa shape index (κ2) is 39.8. The minimum Gasteiger partial charge on any atom is -0.544 e. The monoisotopic (exact) mass is 800 g/mol. The fourth-order valence-electron chi connectivity index (χ4n) is 6.39. The van der Waals surface area contributed by atoms with Crippen molar-refractivity contribution < 1.29 is 38.2 Å². The first-order chi connectivity index (χ1) is 27.6. The molecule has 0 aliphatic carbocycles. The number of nitrogens with zero attached hydrogens (tertiary/aromatic N) is 1. The maximum atomic E-state index is 12.7. The zero-order chi connectivity index (χ0) is 42.1. The molecule has 0 aromatic heterocycles. The fraction of sp³-hybridized carbons (Fsp3) is 0.735. The van der Waals surface area contributed by atoms with Gasteiger partial charge >= 0.3 is 11.9 Å². The molecule has 0 spiro atoms. The predicted molar refractivity (Wildman–Crippen MR) is 236 cm³/mol. The Hall–Kier alpha value is -2.97. The lowest BCUT2D eigenvalue weighted by atomic mass is 10.0. The van der Waals surface area contributed by atoms with Crippen LogP contribution in [-0.2, 0) is 28.6 Å². The van der Waals surface area contributed by atoms with E-state index in [1.165, 1.54) is 64.2 Å².